The molecule has 15 heavy (non-hydrogen) atoms. The van der Waals surface area contributed by atoms with Crippen molar-refractivity contribution in [3.05, 3.63) is 30.1 Å². The molecule has 4 heteroatoms. The molecule has 0 bridgehead atoms. The summed E-state index contributed by atoms with van der Waals surface area (Å²) in [7, 11) is 1.96. The summed E-state index contributed by atoms with van der Waals surface area (Å²) in [6.45, 7) is 0.766. The summed E-state index contributed by atoms with van der Waals surface area (Å²) in [5, 5.41) is 8.80. The molecule has 0 saturated heterocycles. The summed E-state index contributed by atoms with van der Waals surface area (Å²) >= 11 is 0. The van der Waals surface area contributed by atoms with Gasteiger partial charge in [0.25, 0.3) is 0 Å². The van der Waals surface area contributed by atoms with Crippen molar-refractivity contribution in [1.82, 2.24) is 9.88 Å². The van der Waals surface area contributed by atoms with Gasteiger partial charge in [0.1, 0.15) is 0 Å². The van der Waals surface area contributed by atoms with Crippen LogP contribution in [0.4, 0.5) is 0 Å². The second-order valence-electron chi connectivity index (χ2n) is 4.02. The van der Waals surface area contributed by atoms with Crippen LogP contribution in [0.15, 0.2) is 24.5 Å². The van der Waals surface area contributed by atoms with Gasteiger partial charge in [-0.2, -0.15) is 0 Å². The third-order valence-corrected chi connectivity index (χ3v) is 2.79. The topological polar surface area (TPSA) is 53.4 Å². The van der Waals surface area contributed by atoms with E-state index in [1.54, 1.807) is 6.20 Å². The summed E-state index contributed by atoms with van der Waals surface area (Å²) in [6.07, 6.45) is 4.32. The van der Waals surface area contributed by atoms with Crippen LogP contribution in [0, 0.1) is 5.92 Å². The van der Waals surface area contributed by atoms with Gasteiger partial charge in [-0.15, -0.1) is 0 Å². The maximum Gasteiger partial charge on any atom is 0.308 e. The number of hydrogen-bond donors (Lipinski definition) is 1. The number of aromatic nitrogens is 1. The molecule has 2 atom stereocenters. The number of carboxylic acid groups (broad SMARTS) is 1. The molecule has 1 N–H and O–H groups in total. The first-order valence-corrected chi connectivity index (χ1v) is 5.00. The first-order chi connectivity index (χ1) is 7.18. The van der Waals surface area contributed by atoms with E-state index in [1.807, 2.05) is 25.4 Å². The minimum Gasteiger partial charge on any atom is -0.481 e. The van der Waals surface area contributed by atoms with Crippen LogP contribution < -0.4 is 0 Å². The zero-order chi connectivity index (χ0) is 10.8. The molecule has 2 rings (SSSR count). The Morgan fingerprint density at radius 2 is 2.53 bits per heavy atom. The first kappa shape index (κ1) is 10.1. The van der Waals surface area contributed by atoms with E-state index in [4.69, 9.17) is 5.11 Å². The maximum atomic E-state index is 10.7. The summed E-state index contributed by atoms with van der Waals surface area (Å²) in [5.41, 5.74) is 1.12. The average Bonchev–Trinajstić information content (AvgIpc) is 2.98. The van der Waals surface area contributed by atoms with Gasteiger partial charge in [-0.25, -0.2) is 0 Å². The van der Waals surface area contributed by atoms with Crippen LogP contribution in [0.25, 0.3) is 0 Å². The van der Waals surface area contributed by atoms with Crippen molar-refractivity contribution in [2.45, 2.75) is 19.0 Å². The quantitative estimate of drug-likeness (QED) is 0.798. The Bertz CT molecular complexity index is 353. The predicted octanol–water partition coefficient (Wildman–Crippen LogP) is 0.986. The number of carbonyl (C=O) groups is 1. The Morgan fingerprint density at radius 3 is 3.07 bits per heavy atom. The van der Waals surface area contributed by atoms with Gasteiger partial charge in [0, 0.05) is 25.0 Å². The van der Waals surface area contributed by atoms with Crippen molar-refractivity contribution < 1.29 is 9.90 Å². The van der Waals surface area contributed by atoms with Crippen LogP contribution in [0.1, 0.15) is 12.0 Å². The molecule has 1 heterocycles. The number of rotatable bonds is 4. The Balaban J connectivity index is 1.89. The molecule has 1 fully saturated rings. The van der Waals surface area contributed by atoms with Gasteiger partial charge in [0.05, 0.1) is 5.92 Å². The van der Waals surface area contributed by atoms with Gasteiger partial charge in [0.15, 0.2) is 0 Å². The zero-order valence-corrected chi connectivity index (χ0v) is 8.63. The van der Waals surface area contributed by atoms with Gasteiger partial charge in [0.2, 0.25) is 0 Å². The Labute approximate surface area is 88.6 Å². The summed E-state index contributed by atoms with van der Waals surface area (Å²) in [5.74, 6) is -0.857. The van der Waals surface area contributed by atoms with E-state index >= 15 is 0 Å². The van der Waals surface area contributed by atoms with Crippen LogP contribution in [0.3, 0.4) is 0 Å². The highest BCUT2D eigenvalue weighted by atomic mass is 16.4. The van der Waals surface area contributed by atoms with Crippen LogP contribution in [-0.2, 0) is 11.3 Å². The molecule has 0 aromatic carbocycles. The van der Waals surface area contributed by atoms with Crippen molar-refractivity contribution in [2.24, 2.45) is 5.92 Å². The standard InChI is InChI=1S/C11H14N2O2/c1-13(10-5-9(10)11(14)15)7-8-3-2-4-12-6-8/h2-4,6,9-10H,5,7H2,1H3,(H,14,15). The van der Waals surface area contributed by atoms with Gasteiger partial charge >= 0.3 is 5.97 Å². The number of carboxylic acids is 1. The highest BCUT2D eigenvalue weighted by Crippen LogP contribution is 2.35. The lowest BCUT2D eigenvalue weighted by atomic mass is 10.2. The molecule has 1 aromatic rings. The molecule has 1 aliphatic rings. The van der Waals surface area contributed by atoms with Crippen molar-refractivity contribution >= 4 is 5.97 Å². The Morgan fingerprint density at radius 1 is 1.73 bits per heavy atom. The number of hydrogen-bond acceptors (Lipinski definition) is 3. The van der Waals surface area contributed by atoms with E-state index in [-0.39, 0.29) is 12.0 Å². The van der Waals surface area contributed by atoms with Crippen LogP contribution in [0.5, 0.6) is 0 Å². The molecule has 2 unspecified atom stereocenters. The fourth-order valence-electron chi connectivity index (χ4n) is 1.83. The second-order valence-corrected chi connectivity index (χ2v) is 4.02. The largest absolute Gasteiger partial charge is 0.481 e. The molecule has 1 aromatic heterocycles. The fraction of sp³-hybridized carbons (Fsp3) is 0.455. The first-order valence-electron chi connectivity index (χ1n) is 5.00. The third kappa shape index (κ3) is 2.33. The summed E-state index contributed by atoms with van der Waals surface area (Å²) in [6, 6.07) is 4.09. The van der Waals surface area contributed by atoms with Crippen LogP contribution in [0.2, 0.25) is 0 Å². The lowest BCUT2D eigenvalue weighted by molar-refractivity contribution is -0.138. The predicted molar refractivity (Wildman–Crippen MR) is 55.2 cm³/mol. The van der Waals surface area contributed by atoms with Gasteiger partial charge in [-0.3, -0.25) is 14.7 Å². The van der Waals surface area contributed by atoms with Crippen molar-refractivity contribution in [2.75, 3.05) is 7.05 Å². The highest BCUT2D eigenvalue weighted by Gasteiger charge is 2.45. The van der Waals surface area contributed by atoms with E-state index in [0.29, 0.717) is 0 Å². The van der Waals surface area contributed by atoms with E-state index in [9.17, 15) is 4.79 Å². The highest BCUT2D eigenvalue weighted by molar-refractivity contribution is 5.74. The van der Waals surface area contributed by atoms with Crippen molar-refractivity contribution in [3.63, 3.8) is 0 Å². The average molecular weight is 206 g/mol. The van der Waals surface area contributed by atoms with E-state index in [0.717, 1.165) is 18.5 Å². The van der Waals surface area contributed by atoms with Crippen molar-refractivity contribution in [3.8, 4) is 0 Å². The third-order valence-electron chi connectivity index (χ3n) is 2.79. The lowest BCUT2D eigenvalue weighted by Crippen LogP contribution is -2.23. The van der Waals surface area contributed by atoms with E-state index < -0.39 is 5.97 Å². The van der Waals surface area contributed by atoms with Crippen molar-refractivity contribution in [1.29, 1.82) is 0 Å². The monoisotopic (exact) mass is 206 g/mol. The minimum absolute atomic E-state index is 0.174. The molecule has 0 radical (unpaired) electrons. The van der Waals surface area contributed by atoms with Gasteiger partial charge in [-0.05, 0) is 25.1 Å². The molecule has 0 aliphatic heterocycles. The molecule has 0 spiro atoms. The van der Waals surface area contributed by atoms with Gasteiger partial charge in [-0.1, -0.05) is 6.07 Å². The fourth-order valence-corrected chi connectivity index (χ4v) is 1.83. The van der Waals surface area contributed by atoms with Crippen LogP contribution in [-0.4, -0.2) is 34.0 Å². The summed E-state index contributed by atoms with van der Waals surface area (Å²) in [4.78, 5) is 16.8. The SMILES string of the molecule is CN(Cc1cccnc1)C1CC1C(=O)O. The zero-order valence-electron chi connectivity index (χ0n) is 8.63. The molecule has 1 saturated carbocycles. The number of aliphatic carboxylic acids is 1. The molecule has 0 amide bonds. The Kier molecular flexibility index (Phi) is 2.68. The number of pyridine rings is 1. The Hall–Kier alpha value is -1.42. The maximum absolute atomic E-state index is 10.7. The normalized spacial score (nSPS) is 24.1. The van der Waals surface area contributed by atoms with Crippen LogP contribution >= 0.6 is 0 Å². The number of nitrogens with zero attached hydrogens (tertiary/aromatic N) is 2. The van der Waals surface area contributed by atoms with Gasteiger partial charge < -0.3 is 5.11 Å². The van der Waals surface area contributed by atoms with E-state index in [1.165, 1.54) is 0 Å². The minimum atomic E-state index is -0.682. The molecule has 4 nitrogen and oxygen atoms in total. The molecular formula is C11H14N2O2. The smallest absolute Gasteiger partial charge is 0.308 e. The summed E-state index contributed by atoms with van der Waals surface area (Å²) < 4.78 is 0. The molecule has 80 valence electrons. The second kappa shape index (κ2) is 3.98. The lowest BCUT2D eigenvalue weighted by Gasteiger charge is -2.15. The van der Waals surface area contributed by atoms with E-state index in [2.05, 4.69) is 9.88 Å². The molecule has 1 aliphatic carbocycles. The molecular weight excluding hydrogens is 192 g/mol.